The number of nitrogens with one attached hydrogen (secondary N) is 1. The van der Waals surface area contributed by atoms with Gasteiger partial charge in [0.15, 0.2) is 0 Å². The number of pyridine rings is 2. The fourth-order valence-corrected chi connectivity index (χ4v) is 4.45. The molecule has 1 amide bonds. The summed E-state index contributed by atoms with van der Waals surface area (Å²) in [6.07, 6.45) is -3.40. The van der Waals surface area contributed by atoms with Gasteiger partial charge in [-0.15, -0.1) is 0 Å². The average molecular weight is 571 g/mol. The van der Waals surface area contributed by atoms with Crippen LogP contribution in [-0.4, -0.2) is 41.2 Å². The molecule has 0 spiro atoms. The summed E-state index contributed by atoms with van der Waals surface area (Å²) >= 11 is 0. The second-order valence-corrected chi connectivity index (χ2v) is 9.34. The molecule has 0 saturated carbocycles. The van der Waals surface area contributed by atoms with Gasteiger partial charge in [0.05, 0.1) is 23.4 Å². The number of halogens is 3. The van der Waals surface area contributed by atoms with Gasteiger partial charge >= 0.3 is 12.1 Å². The van der Waals surface area contributed by atoms with Gasteiger partial charge in [-0.3, -0.25) is 9.78 Å². The molecule has 2 heterocycles. The first-order chi connectivity index (χ1) is 20.2. The minimum atomic E-state index is -5.08. The lowest BCUT2D eigenvalue weighted by Gasteiger charge is -2.14. The minimum Gasteiger partial charge on any atom is -0.457 e. The molecule has 3 N–H and O–H groups in total. The lowest BCUT2D eigenvalue weighted by Crippen LogP contribution is -2.31. The van der Waals surface area contributed by atoms with Crippen LogP contribution in [0.2, 0.25) is 0 Å². The lowest BCUT2D eigenvalue weighted by molar-refractivity contribution is -0.199. The summed E-state index contributed by atoms with van der Waals surface area (Å²) in [5.74, 6) is -2.82. The van der Waals surface area contributed by atoms with Crippen LogP contribution in [0.15, 0.2) is 97.2 Å². The van der Waals surface area contributed by atoms with E-state index in [-0.39, 0.29) is 12.1 Å². The maximum Gasteiger partial charge on any atom is 0.490 e. The van der Waals surface area contributed by atoms with Crippen molar-refractivity contribution < 1.29 is 27.5 Å². The Labute approximate surface area is 239 Å². The van der Waals surface area contributed by atoms with E-state index in [1.54, 1.807) is 30.5 Å². The van der Waals surface area contributed by atoms with E-state index in [9.17, 15) is 22.8 Å². The minimum absolute atomic E-state index is 0.265. The Morgan fingerprint density at radius 1 is 0.833 bits per heavy atom. The van der Waals surface area contributed by atoms with Gasteiger partial charge in [-0.25, -0.2) is 9.78 Å². The van der Waals surface area contributed by atoms with Gasteiger partial charge in [-0.1, -0.05) is 66.7 Å². The number of hydrogen-bond acceptors (Lipinski definition) is 6. The van der Waals surface area contributed by atoms with Crippen LogP contribution in [0.4, 0.5) is 13.2 Å². The molecule has 3 aromatic carbocycles. The number of fused-ring (bicyclic) bond motifs is 1. The maximum atomic E-state index is 12.5. The predicted octanol–water partition coefficient (Wildman–Crippen LogP) is 5.92. The number of esters is 1. The first kappa shape index (κ1) is 28.4. The van der Waals surface area contributed by atoms with Gasteiger partial charge in [-0.2, -0.15) is 13.2 Å². The quantitative estimate of drug-likeness (QED) is 0.177. The fraction of sp³-hybridized carbons (Fsp3) is 0.125. The highest BCUT2D eigenvalue weighted by atomic mass is 19.4. The first-order valence-electron chi connectivity index (χ1n) is 13.0. The Kier molecular flexibility index (Phi) is 8.26. The van der Waals surface area contributed by atoms with Crippen molar-refractivity contribution in [3.8, 4) is 33.6 Å². The van der Waals surface area contributed by atoms with Crippen LogP contribution in [-0.2, 0) is 16.1 Å². The molecule has 5 aromatic rings. The third kappa shape index (κ3) is 6.29. The van der Waals surface area contributed by atoms with Crippen molar-refractivity contribution in [2.24, 2.45) is 5.73 Å². The van der Waals surface area contributed by atoms with E-state index in [1.807, 2.05) is 60.7 Å². The van der Waals surface area contributed by atoms with Gasteiger partial charge in [0.25, 0.3) is 5.91 Å². The predicted molar refractivity (Wildman–Crippen MR) is 153 cm³/mol. The smallest absolute Gasteiger partial charge is 0.457 e. The molecule has 2 aromatic heterocycles. The number of nitrogens with zero attached hydrogens (tertiary/aromatic N) is 2. The summed E-state index contributed by atoms with van der Waals surface area (Å²) in [4.78, 5) is 32.9. The second-order valence-electron chi connectivity index (χ2n) is 9.34. The second kappa shape index (κ2) is 12.2. The molecule has 0 saturated heterocycles. The van der Waals surface area contributed by atoms with Crippen molar-refractivity contribution in [1.29, 1.82) is 0 Å². The summed E-state index contributed by atoms with van der Waals surface area (Å²) < 4.78 is 40.8. The standard InChI is InChI=1S/C32H25F3N4O3/c33-32(34,35)31(41)42-17-16-38-30(40)24-12-10-22(11-13-24)28-26-18-25(21-4-2-1-3-5-21)29(39-27(26)14-15-37-28)23-8-6-20(19-36)7-9-23/h1-15,18H,16-17,19,36H2,(H,38,40). The first-order valence-corrected chi connectivity index (χ1v) is 13.0. The van der Waals surface area contributed by atoms with E-state index in [0.717, 1.165) is 44.4 Å². The molecule has 0 fully saturated rings. The van der Waals surface area contributed by atoms with Gasteiger partial charge in [0.2, 0.25) is 0 Å². The zero-order valence-electron chi connectivity index (χ0n) is 22.2. The Morgan fingerprint density at radius 3 is 2.17 bits per heavy atom. The molecule has 0 radical (unpaired) electrons. The monoisotopic (exact) mass is 570 g/mol. The normalized spacial score (nSPS) is 11.3. The van der Waals surface area contributed by atoms with Crippen molar-refractivity contribution >= 4 is 22.8 Å². The molecular weight excluding hydrogens is 545 g/mol. The zero-order valence-corrected chi connectivity index (χ0v) is 22.2. The summed E-state index contributed by atoms with van der Waals surface area (Å²) in [6, 6.07) is 28.5. The summed E-state index contributed by atoms with van der Waals surface area (Å²) in [6.45, 7) is -0.416. The van der Waals surface area contributed by atoms with E-state index in [4.69, 9.17) is 10.7 Å². The van der Waals surface area contributed by atoms with E-state index < -0.39 is 24.7 Å². The number of aromatic nitrogens is 2. The lowest BCUT2D eigenvalue weighted by atomic mass is 9.95. The third-order valence-corrected chi connectivity index (χ3v) is 6.56. The number of amides is 1. The molecule has 0 atom stereocenters. The molecule has 5 rings (SSSR count). The molecule has 0 unspecified atom stereocenters. The van der Waals surface area contributed by atoms with Crippen molar-refractivity contribution in [2.75, 3.05) is 13.2 Å². The molecule has 42 heavy (non-hydrogen) atoms. The van der Waals surface area contributed by atoms with E-state index >= 15 is 0 Å². The van der Waals surface area contributed by atoms with Crippen LogP contribution in [0.3, 0.4) is 0 Å². The molecule has 0 aliphatic heterocycles. The summed E-state index contributed by atoms with van der Waals surface area (Å²) in [7, 11) is 0. The van der Waals surface area contributed by atoms with E-state index in [0.29, 0.717) is 12.2 Å². The van der Waals surface area contributed by atoms with Crippen LogP contribution in [0.5, 0.6) is 0 Å². The molecule has 0 aliphatic carbocycles. The highest BCUT2D eigenvalue weighted by Crippen LogP contribution is 2.36. The third-order valence-electron chi connectivity index (χ3n) is 6.56. The Balaban J connectivity index is 1.43. The summed E-state index contributed by atoms with van der Waals surface area (Å²) in [5, 5.41) is 3.25. The number of carbonyl (C=O) groups excluding carboxylic acids is 2. The highest BCUT2D eigenvalue weighted by molar-refractivity contribution is 5.99. The van der Waals surface area contributed by atoms with Crippen molar-refractivity contribution in [3.05, 3.63) is 108 Å². The number of hydrogen-bond donors (Lipinski definition) is 2. The SMILES string of the molecule is NCc1ccc(-c2nc3ccnc(-c4ccc(C(=O)NCCOC(=O)C(F)(F)F)cc4)c3cc2-c2ccccc2)cc1. The van der Waals surface area contributed by atoms with Gasteiger partial charge in [0.1, 0.15) is 6.61 Å². The number of nitrogens with two attached hydrogens (primary N) is 1. The van der Waals surface area contributed by atoms with E-state index in [1.165, 1.54) is 0 Å². The molecule has 7 nitrogen and oxygen atoms in total. The van der Waals surface area contributed by atoms with Gasteiger partial charge in [0, 0.05) is 40.4 Å². The van der Waals surface area contributed by atoms with Crippen molar-refractivity contribution in [3.63, 3.8) is 0 Å². The topological polar surface area (TPSA) is 107 Å². The maximum absolute atomic E-state index is 12.5. The van der Waals surface area contributed by atoms with Gasteiger partial charge < -0.3 is 15.8 Å². The van der Waals surface area contributed by atoms with Crippen molar-refractivity contribution in [2.45, 2.75) is 12.7 Å². The van der Waals surface area contributed by atoms with Crippen LogP contribution >= 0.6 is 0 Å². The van der Waals surface area contributed by atoms with Crippen LogP contribution in [0.1, 0.15) is 15.9 Å². The van der Waals surface area contributed by atoms with Crippen molar-refractivity contribution in [1.82, 2.24) is 15.3 Å². The molecule has 10 heteroatoms. The number of carbonyl (C=O) groups is 2. The van der Waals surface area contributed by atoms with Crippen LogP contribution < -0.4 is 11.1 Å². The summed E-state index contributed by atoms with van der Waals surface area (Å²) in [5.41, 5.74) is 13.0. The molecule has 0 aliphatic rings. The van der Waals surface area contributed by atoms with Crippen LogP contribution in [0, 0.1) is 0 Å². The Morgan fingerprint density at radius 2 is 1.50 bits per heavy atom. The zero-order chi connectivity index (χ0) is 29.7. The Hall–Kier alpha value is -5.09. The number of rotatable bonds is 8. The number of ether oxygens (including phenoxy) is 1. The largest absolute Gasteiger partial charge is 0.490 e. The van der Waals surface area contributed by atoms with Gasteiger partial charge in [-0.05, 0) is 35.4 Å². The average Bonchev–Trinajstić information content (AvgIpc) is 3.02. The van der Waals surface area contributed by atoms with E-state index in [2.05, 4.69) is 21.1 Å². The Bertz CT molecular complexity index is 1720. The number of benzene rings is 3. The van der Waals surface area contributed by atoms with Crippen LogP contribution in [0.25, 0.3) is 44.5 Å². The fourth-order valence-electron chi connectivity index (χ4n) is 4.45. The molecule has 212 valence electrons. The number of alkyl halides is 3. The highest BCUT2D eigenvalue weighted by Gasteiger charge is 2.40. The molecule has 0 bridgehead atoms. The molecular formula is C32H25F3N4O3.